The lowest BCUT2D eigenvalue weighted by molar-refractivity contribution is -0.146. The van der Waals surface area contributed by atoms with Crippen LogP contribution >= 0.6 is 11.3 Å². The number of hydrogen-bond acceptors (Lipinski definition) is 7. The Morgan fingerprint density at radius 3 is 2.15 bits per heavy atom. The van der Waals surface area contributed by atoms with Crippen molar-refractivity contribution in [2.24, 2.45) is 0 Å². The summed E-state index contributed by atoms with van der Waals surface area (Å²) in [5.41, 5.74) is 0.616. The summed E-state index contributed by atoms with van der Waals surface area (Å²) in [5, 5.41) is 8.56. The Bertz CT molecular complexity index is 936. The Balaban J connectivity index is 1.57. The third-order valence-electron chi connectivity index (χ3n) is 5.23. The van der Waals surface area contributed by atoms with Gasteiger partial charge in [-0.1, -0.05) is 30.3 Å². The molecule has 0 aliphatic rings. The van der Waals surface area contributed by atoms with Crippen molar-refractivity contribution in [2.45, 2.75) is 64.2 Å². The molecule has 0 aliphatic carbocycles. The van der Waals surface area contributed by atoms with Gasteiger partial charge in [0.15, 0.2) is 0 Å². The van der Waals surface area contributed by atoms with E-state index in [9.17, 15) is 19.2 Å². The van der Waals surface area contributed by atoms with Crippen LogP contribution in [-0.2, 0) is 23.9 Å². The average Bonchev–Trinajstić information content (AvgIpc) is 3.33. The van der Waals surface area contributed by atoms with E-state index in [1.165, 1.54) is 11.3 Å². The first-order valence-electron chi connectivity index (χ1n) is 11.6. The van der Waals surface area contributed by atoms with E-state index in [0.717, 1.165) is 17.7 Å². The first kappa shape index (κ1) is 27.2. The van der Waals surface area contributed by atoms with Gasteiger partial charge in [0.2, 0.25) is 5.78 Å². The van der Waals surface area contributed by atoms with Crippen LogP contribution in [0.2, 0.25) is 0 Å². The molecule has 7 nitrogen and oxygen atoms in total. The summed E-state index contributed by atoms with van der Waals surface area (Å²) in [5.74, 6) is -1.92. The molecule has 2 aromatic rings. The number of thiophene rings is 1. The van der Waals surface area contributed by atoms with Gasteiger partial charge in [-0.15, -0.1) is 11.3 Å². The number of carboxylic acids is 1. The molecule has 0 spiro atoms. The highest BCUT2D eigenvalue weighted by Crippen LogP contribution is 2.27. The summed E-state index contributed by atoms with van der Waals surface area (Å²) < 4.78 is 10.5. The molecular formula is C26H32O7S. The van der Waals surface area contributed by atoms with Gasteiger partial charge < -0.3 is 14.6 Å². The van der Waals surface area contributed by atoms with Crippen molar-refractivity contribution in [2.75, 3.05) is 13.2 Å². The van der Waals surface area contributed by atoms with Crippen LogP contribution in [0.4, 0.5) is 0 Å². The molecule has 0 amide bonds. The lowest BCUT2D eigenvalue weighted by atomic mass is 10.1. The van der Waals surface area contributed by atoms with Gasteiger partial charge in [0, 0.05) is 23.3 Å². The Hall–Kier alpha value is -3.00. The number of carboxylic acid groups (broad SMARTS) is 1. The molecule has 0 bridgehead atoms. The van der Waals surface area contributed by atoms with Crippen LogP contribution in [0.1, 0.15) is 84.3 Å². The highest BCUT2D eigenvalue weighted by Gasteiger charge is 2.21. The lowest BCUT2D eigenvalue weighted by Gasteiger charge is -2.10. The van der Waals surface area contributed by atoms with Crippen molar-refractivity contribution in [3.8, 4) is 0 Å². The number of esters is 2. The van der Waals surface area contributed by atoms with Crippen molar-refractivity contribution < 1.29 is 33.8 Å². The van der Waals surface area contributed by atoms with Crippen LogP contribution in [0.15, 0.2) is 42.5 Å². The van der Waals surface area contributed by atoms with Gasteiger partial charge in [-0.05, 0) is 57.6 Å². The zero-order valence-corrected chi connectivity index (χ0v) is 20.3. The van der Waals surface area contributed by atoms with E-state index in [2.05, 4.69) is 0 Å². The Morgan fingerprint density at radius 1 is 0.824 bits per heavy atom. The normalized spacial score (nSPS) is 11.6. The minimum absolute atomic E-state index is 0.0610. The number of benzene rings is 1. The molecule has 0 saturated heterocycles. The predicted octanol–water partition coefficient (Wildman–Crippen LogP) is 5.37. The van der Waals surface area contributed by atoms with E-state index in [-0.39, 0.29) is 30.7 Å². The molecule has 1 N–H and O–H groups in total. The molecule has 1 atom stereocenters. The third-order valence-corrected chi connectivity index (χ3v) is 6.50. The van der Waals surface area contributed by atoms with Gasteiger partial charge in [-0.2, -0.15) is 0 Å². The van der Waals surface area contributed by atoms with Gasteiger partial charge in [-0.25, -0.2) is 0 Å². The van der Waals surface area contributed by atoms with Gasteiger partial charge in [0.1, 0.15) is 0 Å². The van der Waals surface area contributed by atoms with E-state index in [1.807, 2.05) is 18.2 Å². The smallest absolute Gasteiger partial charge is 0.313 e. The maximum Gasteiger partial charge on any atom is 0.313 e. The minimum atomic E-state index is -0.812. The van der Waals surface area contributed by atoms with E-state index in [1.54, 1.807) is 31.2 Å². The zero-order valence-electron chi connectivity index (χ0n) is 19.5. The second kappa shape index (κ2) is 15.0. The fourth-order valence-corrected chi connectivity index (χ4v) is 4.22. The first-order valence-corrected chi connectivity index (χ1v) is 12.4. The standard InChI is InChI=1S/C26H32O7S/c1-19(21-15-16-22(34-21)25(30)20-11-5-2-6-12-20)26(31)33-18-10-4-8-14-24(29)32-17-9-3-7-13-23(27)28/h2,5-6,11-12,15-16,19H,3-4,7-10,13-14,17-18H2,1H3,(H,27,28)/t19-/m0/s1. The zero-order chi connectivity index (χ0) is 24.8. The molecule has 0 unspecified atom stereocenters. The van der Waals surface area contributed by atoms with Gasteiger partial charge in [-0.3, -0.25) is 19.2 Å². The van der Waals surface area contributed by atoms with E-state index in [4.69, 9.17) is 14.6 Å². The average molecular weight is 489 g/mol. The van der Waals surface area contributed by atoms with Crippen molar-refractivity contribution in [3.63, 3.8) is 0 Å². The molecule has 184 valence electrons. The number of unbranched alkanes of at least 4 members (excludes halogenated alkanes) is 4. The molecule has 0 radical (unpaired) electrons. The Kier molecular flexibility index (Phi) is 12.0. The van der Waals surface area contributed by atoms with Crippen LogP contribution in [0.25, 0.3) is 0 Å². The lowest BCUT2D eigenvalue weighted by Crippen LogP contribution is -2.13. The molecule has 0 fully saturated rings. The van der Waals surface area contributed by atoms with Crippen LogP contribution in [-0.4, -0.2) is 42.0 Å². The molecule has 1 aromatic carbocycles. The minimum Gasteiger partial charge on any atom is -0.481 e. The van der Waals surface area contributed by atoms with E-state index in [0.29, 0.717) is 49.2 Å². The quantitative estimate of drug-likeness (QED) is 0.192. The highest BCUT2D eigenvalue weighted by molar-refractivity contribution is 7.14. The molecule has 1 aromatic heterocycles. The van der Waals surface area contributed by atoms with E-state index < -0.39 is 11.9 Å². The van der Waals surface area contributed by atoms with Crippen molar-refractivity contribution in [1.82, 2.24) is 0 Å². The van der Waals surface area contributed by atoms with Gasteiger partial charge in [0.05, 0.1) is 24.0 Å². The van der Waals surface area contributed by atoms with Crippen molar-refractivity contribution in [3.05, 3.63) is 57.8 Å². The topological polar surface area (TPSA) is 107 Å². The van der Waals surface area contributed by atoms with Crippen LogP contribution in [0, 0.1) is 0 Å². The maximum atomic E-state index is 12.5. The SMILES string of the molecule is C[C@H](C(=O)OCCCCCC(=O)OCCCCCC(=O)O)c1ccc(C(=O)c2ccccc2)s1. The molecule has 0 aliphatic heterocycles. The monoisotopic (exact) mass is 488 g/mol. The van der Waals surface area contributed by atoms with Crippen LogP contribution < -0.4 is 0 Å². The number of hydrogen-bond donors (Lipinski definition) is 1. The molecule has 2 rings (SSSR count). The second-order valence-electron chi connectivity index (χ2n) is 8.02. The van der Waals surface area contributed by atoms with Crippen LogP contribution in [0.5, 0.6) is 0 Å². The fraction of sp³-hybridized carbons (Fsp3) is 0.462. The summed E-state index contributed by atoms with van der Waals surface area (Å²) in [7, 11) is 0. The number of ketones is 1. The third kappa shape index (κ3) is 9.87. The van der Waals surface area contributed by atoms with Crippen molar-refractivity contribution in [1.29, 1.82) is 0 Å². The Morgan fingerprint density at radius 2 is 1.47 bits per heavy atom. The number of carbonyl (C=O) groups is 4. The van der Waals surface area contributed by atoms with Gasteiger partial charge in [0.25, 0.3) is 0 Å². The fourth-order valence-electron chi connectivity index (χ4n) is 3.21. The summed E-state index contributed by atoms with van der Waals surface area (Å²) >= 11 is 1.31. The largest absolute Gasteiger partial charge is 0.481 e. The van der Waals surface area contributed by atoms with Gasteiger partial charge >= 0.3 is 17.9 Å². The van der Waals surface area contributed by atoms with Crippen LogP contribution in [0.3, 0.4) is 0 Å². The highest BCUT2D eigenvalue weighted by atomic mass is 32.1. The molecule has 34 heavy (non-hydrogen) atoms. The summed E-state index contributed by atoms with van der Waals surface area (Å²) in [6.07, 6.45) is 4.48. The summed E-state index contributed by atoms with van der Waals surface area (Å²) in [4.78, 5) is 48.4. The van der Waals surface area contributed by atoms with E-state index >= 15 is 0 Å². The maximum absolute atomic E-state index is 12.5. The predicted molar refractivity (Wildman–Crippen MR) is 129 cm³/mol. The second-order valence-corrected chi connectivity index (χ2v) is 9.14. The Labute approximate surface area is 204 Å². The number of carbonyl (C=O) groups excluding carboxylic acids is 3. The molecular weight excluding hydrogens is 456 g/mol. The number of rotatable bonds is 16. The molecule has 0 saturated carbocycles. The van der Waals surface area contributed by atoms with Crippen molar-refractivity contribution >= 4 is 35.0 Å². The number of ether oxygens (including phenoxy) is 2. The summed E-state index contributed by atoms with van der Waals surface area (Å²) in [6, 6.07) is 12.6. The summed E-state index contributed by atoms with van der Waals surface area (Å²) in [6.45, 7) is 2.36. The number of aliphatic carboxylic acids is 1. The first-order chi connectivity index (χ1) is 16.4. The molecule has 8 heteroatoms. The molecule has 1 heterocycles.